The minimum absolute atomic E-state index is 0.0460. The van der Waals surface area contributed by atoms with Crippen LogP contribution < -0.4 is 10.1 Å². The standard InChI is InChI=1S/C14H20FNO3S/c1-2-20(17,18)6-5-19-14-8-11(7-12(15)9-14)10-16-13-3-4-13/h7-9,13,16H,2-6,10H2,1H3. The lowest BCUT2D eigenvalue weighted by Crippen LogP contribution is -2.17. The van der Waals surface area contributed by atoms with E-state index in [1.807, 2.05) is 0 Å². The number of rotatable bonds is 8. The average molecular weight is 301 g/mol. The quantitative estimate of drug-likeness (QED) is 0.796. The molecule has 1 aromatic carbocycles. The highest BCUT2D eigenvalue weighted by Gasteiger charge is 2.20. The van der Waals surface area contributed by atoms with Crippen LogP contribution in [-0.4, -0.2) is 32.6 Å². The van der Waals surface area contributed by atoms with Gasteiger partial charge in [0.05, 0.1) is 5.75 Å². The Kier molecular flexibility index (Phi) is 4.99. The SMILES string of the molecule is CCS(=O)(=O)CCOc1cc(F)cc(CNC2CC2)c1. The van der Waals surface area contributed by atoms with Gasteiger partial charge in [0.2, 0.25) is 0 Å². The van der Waals surface area contributed by atoms with Crippen LogP contribution in [0, 0.1) is 5.82 Å². The Morgan fingerprint density at radius 3 is 2.75 bits per heavy atom. The lowest BCUT2D eigenvalue weighted by Gasteiger charge is -2.09. The van der Waals surface area contributed by atoms with Crippen molar-refractivity contribution in [2.24, 2.45) is 0 Å². The topological polar surface area (TPSA) is 55.4 Å². The first-order valence-electron chi connectivity index (χ1n) is 6.84. The van der Waals surface area contributed by atoms with E-state index < -0.39 is 9.84 Å². The molecule has 1 aliphatic carbocycles. The number of hydrogen-bond donors (Lipinski definition) is 1. The minimum atomic E-state index is -3.05. The van der Waals surface area contributed by atoms with Crippen LogP contribution in [0.15, 0.2) is 18.2 Å². The Morgan fingerprint density at radius 2 is 2.10 bits per heavy atom. The van der Waals surface area contributed by atoms with E-state index in [9.17, 15) is 12.8 Å². The van der Waals surface area contributed by atoms with Crippen LogP contribution >= 0.6 is 0 Å². The number of ether oxygens (including phenoxy) is 1. The fraction of sp³-hybridized carbons (Fsp3) is 0.571. The fourth-order valence-electron chi connectivity index (χ4n) is 1.79. The summed E-state index contributed by atoms with van der Waals surface area (Å²) in [4.78, 5) is 0. The molecule has 0 amide bonds. The van der Waals surface area contributed by atoms with Gasteiger partial charge in [-0.3, -0.25) is 0 Å². The fourth-order valence-corrected chi connectivity index (χ4v) is 2.41. The zero-order chi connectivity index (χ0) is 14.6. The maximum atomic E-state index is 13.5. The van der Waals surface area contributed by atoms with Gasteiger partial charge in [-0.25, -0.2) is 12.8 Å². The highest BCUT2D eigenvalue weighted by atomic mass is 32.2. The normalized spacial score (nSPS) is 15.3. The van der Waals surface area contributed by atoms with Crippen LogP contribution in [-0.2, 0) is 16.4 Å². The number of halogens is 1. The first kappa shape index (κ1) is 15.3. The Labute approximate surface area is 119 Å². The van der Waals surface area contributed by atoms with Crippen molar-refractivity contribution < 1.29 is 17.5 Å². The van der Waals surface area contributed by atoms with Gasteiger partial charge in [0, 0.05) is 24.4 Å². The van der Waals surface area contributed by atoms with E-state index in [1.165, 1.54) is 25.0 Å². The van der Waals surface area contributed by atoms with Crippen molar-refractivity contribution in [3.63, 3.8) is 0 Å². The third-order valence-corrected chi connectivity index (χ3v) is 4.87. The summed E-state index contributed by atoms with van der Waals surface area (Å²) in [6.45, 7) is 2.25. The maximum absolute atomic E-state index is 13.5. The molecule has 6 heteroatoms. The molecule has 1 aromatic rings. The summed E-state index contributed by atoms with van der Waals surface area (Å²) >= 11 is 0. The number of benzene rings is 1. The van der Waals surface area contributed by atoms with Crippen LogP contribution in [0.5, 0.6) is 5.75 Å². The van der Waals surface area contributed by atoms with E-state index in [0.717, 1.165) is 5.56 Å². The molecular weight excluding hydrogens is 281 g/mol. The van der Waals surface area contributed by atoms with Gasteiger partial charge < -0.3 is 10.1 Å². The van der Waals surface area contributed by atoms with Gasteiger partial charge in [0.15, 0.2) is 9.84 Å². The number of sulfone groups is 1. The molecule has 1 aliphatic rings. The van der Waals surface area contributed by atoms with Crippen LogP contribution in [0.25, 0.3) is 0 Å². The molecule has 1 fully saturated rings. The Morgan fingerprint density at radius 1 is 1.35 bits per heavy atom. The second-order valence-corrected chi connectivity index (χ2v) is 7.51. The van der Waals surface area contributed by atoms with Crippen LogP contribution in [0.3, 0.4) is 0 Å². The first-order chi connectivity index (χ1) is 9.48. The highest BCUT2D eigenvalue weighted by Crippen LogP contribution is 2.21. The third-order valence-electron chi connectivity index (χ3n) is 3.21. The molecule has 2 rings (SSSR count). The summed E-state index contributed by atoms with van der Waals surface area (Å²) in [6.07, 6.45) is 2.35. The van der Waals surface area contributed by atoms with Crippen molar-refractivity contribution in [3.8, 4) is 5.75 Å². The van der Waals surface area contributed by atoms with Crippen LogP contribution in [0.4, 0.5) is 4.39 Å². The van der Waals surface area contributed by atoms with Gasteiger partial charge in [-0.15, -0.1) is 0 Å². The monoisotopic (exact) mass is 301 g/mol. The summed E-state index contributed by atoms with van der Waals surface area (Å²) < 4.78 is 41.5. The molecule has 1 N–H and O–H groups in total. The molecule has 0 radical (unpaired) electrons. The lowest BCUT2D eigenvalue weighted by atomic mass is 10.2. The van der Waals surface area contributed by atoms with E-state index in [0.29, 0.717) is 18.3 Å². The molecule has 0 bridgehead atoms. The molecule has 0 saturated heterocycles. The van der Waals surface area contributed by atoms with E-state index in [4.69, 9.17) is 4.74 Å². The molecule has 0 atom stereocenters. The van der Waals surface area contributed by atoms with Crippen LogP contribution in [0.1, 0.15) is 25.3 Å². The van der Waals surface area contributed by atoms with Gasteiger partial charge in [-0.2, -0.15) is 0 Å². The molecule has 0 aromatic heterocycles. The Hall–Kier alpha value is -1.14. The van der Waals surface area contributed by atoms with Gasteiger partial charge >= 0.3 is 0 Å². The summed E-state index contributed by atoms with van der Waals surface area (Å²) in [5.41, 5.74) is 0.810. The van der Waals surface area contributed by atoms with E-state index in [-0.39, 0.29) is 23.9 Å². The summed E-state index contributed by atoms with van der Waals surface area (Å²) in [5, 5.41) is 3.30. The smallest absolute Gasteiger partial charge is 0.153 e. The van der Waals surface area contributed by atoms with Crippen molar-refractivity contribution in [1.82, 2.24) is 5.32 Å². The molecule has 0 unspecified atom stereocenters. The largest absolute Gasteiger partial charge is 0.492 e. The zero-order valence-corrected chi connectivity index (χ0v) is 12.4. The molecule has 0 spiro atoms. The van der Waals surface area contributed by atoms with Gasteiger partial charge in [-0.05, 0) is 30.5 Å². The molecule has 0 aliphatic heterocycles. The predicted molar refractivity (Wildman–Crippen MR) is 76.1 cm³/mol. The van der Waals surface area contributed by atoms with E-state index >= 15 is 0 Å². The Bertz CT molecular complexity index is 556. The summed E-state index contributed by atoms with van der Waals surface area (Å²) in [7, 11) is -3.05. The molecule has 20 heavy (non-hydrogen) atoms. The number of hydrogen-bond acceptors (Lipinski definition) is 4. The molecule has 0 heterocycles. The average Bonchev–Trinajstić information content (AvgIpc) is 3.20. The van der Waals surface area contributed by atoms with Crippen molar-refractivity contribution in [2.45, 2.75) is 32.4 Å². The molecular formula is C14H20FNO3S. The molecule has 4 nitrogen and oxygen atoms in total. The predicted octanol–water partition coefficient (Wildman–Crippen LogP) is 1.89. The second kappa shape index (κ2) is 6.54. The van der Waals surface area contributed by atoms with Gasteiger partial charge in [0.25, 0.3) is 0 Å². The zero-order valence-electron chi connectivity index (χ0n) is 11.6. The van der Waals surface area contributed by atoms with Crippen molar-refractivity contribution in [1.29, 1.82) is 0 Å². The van der Waals surface area contributed by atoms with Crippen molar-refractivity contribution in [3.05, 3.63) is 29.6 Å². The highest BCUT2D eigenvalue weighted by molar-refractivity contribution is 7.91. The van der Waals surface area contributed by atoms with E-state index in [1.54, 1.807) is 13.0 Å². The Balaban J connectivity index is 1.89. The minimum Gasteiger partial charge on any atom is -0.492 e. The van der Waals surface area contributed by atoms with Crippen LogP contribution in [0.2, 0.25) is 0 Å². The maximum Gasteiger partial charge on any atom is 0.153 e. The molecule has 112 valence electrons. The third kappa shape index (κ3) is 5.09. The summed E-state index contributed by atoms with van der Waals surface area (Å²) in [6, 6.07) is 5.04. The molecule has 1 saturated carbocycles. The van der Waals surface area contributed by atoms with Gasteiger partial charge in [-0.1, -0.05) is 6.92 Å². The van der Waals surface area contributed by atoms with E-state index in [2.05, 4.69) is 5.32 Å². The van der Waals surface area contributed by atoms with Crippen molar-refractivity contribution >= 4 is 9.84 Å². The second-order valence-electron chi connectivity index (χ2n) is 5.04. The van der Waals surface area contributed by atoms with Crippen molar-refractivity contribution in [2.75, 3.05) is 18.1 Å². The first-order valence-corrected chi connectivity index (χ1v) is 8.67. The number of nitrogens with one attached hydrogen (secondary N) is 1. The lowest BCUT2D eigenvalue weighted by molar-refractivity contribution is 0.338. The summed E-state index contributed by atoms with van der Waals surface area (Å²) in [5.74, 6) is 0.0588. The van der Waals surface area contributed by atoms with Gasteiger partial charge in [0.1, 0.15) is 18.2 Å².